The zero-order valence-electron chi connectivity index (χ0n) is 11.0. The quantitative estimate of drug-likeness (QED) is 0.655. The number of carbonyl (C=O) groups is 2. The van der Waals surface area contributed by atoms with Crippen molar-refractivity contribution >= 4 is 11.9 Å². The molecule has 2 rings (SSSR count). The summed E-state index contributed by atoms with van der Waals surface area (Å²) >= 11 is 0. The number of ether oxygens (including phenoxy) is 2. The third-order valence-corrected chi connectivity index (χ3v) is 3.44. The van der Waals surface area contributed by atoms with Crippen LogP contribution in [0.1, 0.15) is 17.9 Å². The van der Waals surface area contributed by atoms with Gasteiger partial charge in [0.1, 0.15) is 11.7 Å². The van der Waals surface area contributed by atoms with E-state index in [0.29, 0.717) is 6.54 Å². The minimum absolute atomic E-state index is 0.146. The second-order valence-electron chi connectivity index (χ2n) is 4.46. The number of benzene rings is 1. The Morgan fingerprint density at radius 1 is 1.26 bits per heavy atom. The minimum atomic E-state index is -0.771. The molecule has 1 N–H and O–H groups in total. The summed E-state index contributed by atoms with van der Waals surface area (Å²) in [5, 5.41) is 2.71. The largest absolute Gasteiger partial charge is 0.497 e. The molecule has 5 heteroatoms. The lowest BCUT2D eigenvalue weighted by Gasteiger charge is -2.29. The van der Waals surface area contributed by atoms with Crippen molar-refractivity contribution in [3.05, 3.63) is 29.8 Å². The Labute approximate surface area is 111 Å². The summed E-state index contributed by atoms with van der Waals surface area (Å²) in [6.45, 7) is 0.572. The number of methoxy groups -OCH3 is 2. The van der Waals surface area contributed by atoms with Crippen LogP contribution in [0.4, 0.5) is 0 Å². The van der Waals surface area contributed by atoms with Crippen LogP contribution in [-0.4, -0.2) is 32.6 Å². The molecule has 0 radical (unpaired) electrons. The molecule has 5 nitrogen and oxygen atoms in total. The van der Waals surface area contributed by atoms with E-state index in [1.54, 1.807) is 7.11 Å². The van der Waals surface area contributed by atoms with Gasteiger partial charge in [0.15, 0.2) is 0 Å². The second kappa shape index (κ2) is 5.73. The fraction of sp³-hybridized carbons (Fsp3) is 0.429. The van der Waals surface area contributed by atoms with Gasteiger partial charge in [-0.25, -0.2) is 0 Å². The Morgan fingerprint density at radius 2 is 1.95 bits per heavy atom. The van der Waals surface area contributed by atoms with E-state index >= 15 is 0 Å². The number of piperidine rings is 1. The molecule has 1 amide bonds. The predicted octanol–water partition coefficient (Wildman–Crippen LogP) is 1.09. The maximum absolute atomic E-state index is 11.9. The van der Waals surface area contributed by atoms with Crippen molar-refractivity contribution in [3.63, 3.8) is 0 Å². The number of amides is 1. The molecular formula is C14H17NO4. The van der Waals surface area contributed by atoms with Crippen LogP contribution in [-0.2, 0) is 14.3 Å². The number of carbonyl (C=O) groups excluding carboxylic acids is 2. The van der Waals surface area contributed by atoms with Crippen LogP contribution in [0, 0.1) is 5.92 Å². The maximum Gasteiger partial charge on any atom is 0.318 e. The van der Waals surface area contributed by atoms with Gasteiger partial charge in [-0.3, -0.25) is 9.59 Å². The Balaban J connectivity index is 2.28. The van der Waals surface area contributed by atoms with E-state index in [9.17, 15) is 9.59 Å². The Kier molecular flexibility index (Phi) is 4.04. The SMILES string of the molecule is COC(=O)[C@H]1C(=O)NCCC1c1ccc(OC)cc1. The maximum atomic E-state index is 11.9. The average Bonchev–Trinajstić information content (AvgIpc) is 2.46. The van der Waals surface area contributed by atoms with Gasteiger partial charge in [0.25, 0.3) is 0 Å². The van der Waals surface area contributed by atoms with Gasteiger partial charge in [0.2, 0.25) is 5.91 Å². The molecule has 2 atom stereocenters. The molecule has 1 fully saturated rings. The normalized spacial score (nSPS) is 22.5. The Hall–Kier alpha value is -2.04. The van der Waals surface area contributed by atoms with Gasteiger partial charge in [0, 0.05) is 12.5 Å². The highest BCUT2D eigenvalue weighted by atomic mass is 16.5. The smallest absolute Gasteiger partial charge is 0.318 e. The van der Waals surface area contributed by atoms with Crippen LogP contribution in [0.3, 0.4) is 0 Å². The summed E-state index contributed by atoms with van der Waals surface area (Å²) < 4.78 is 9.83. The first-order valence-corrected chi connectivity index (χ1v) is 6.17. The van der Waals surface area contributed by atoms with Crippen molar-refractivity contribution < 1.29 is 19.1 Å². The van der Waals surface area contributed by atoms with E-state index in [2.05, 4.69) is 5.32 Å². The van der Waals surface area contributed by atoms with Crippen molar-refractivity contribution in [2.45, 2.75) is 12.3 Å². The van der Waals surface area contributed by atoms with Crippen molar-refractivity contribution in [1.29, 1.82) is 0 Å². The first-order chi connectivity index (χ1) is 9.17. The van der Waals surface area contributed by atoms with Gasteiger partial charge in [-0.15, -0.1) is 0 Å². The summed E-state index contributed by atoms with van der Waals surface area (Å²) in [4.78, 5) is 23.6. The number of esters is 1. The van der Waals surface area contributed by atoms with Gasteiger partial charge in [-0.2, -0.15) is 0 Å². The molecule has 19 heavy (non-hydrogen) atoms. The average molecular weight is 263 g/mol. The van der Waals surface area contributed by atoms with Crippen LogP contribution in [0.15, 0.2) is 24.3 Å². The van der Waals surface area contributed by atoms with E-state index < -0.39 is 11.9 Å². The van der Waals surface area contributed by atoms with Crippen molar-refractivity contribution in [3.8, 4) is 5.75 Å². The molecule has 1 aromatic carbocycles. The van der Waals surface area contributed by atoms with Crippen LogP contribution >= 0.6 is 0 Å². The molecule has 1 unspecified atom stereocenters. The van der Waals surface area contributed by atoms with Gasteiger partial charge < -0.3 is 14.8 Å². The number of hydrogen-bond donors (Lipinski definition) is 1. The lowest BCUT2D eigenvalue weighted by molar-refractivity contribution is -0.152. The van der Waals surface area contributed by atoms with Crippen molar-refractivity contribution in [2.75, 3.05) is 20.8 Å². The van der Waals surface area contributed by atoms with Crippen LogP contribution < -0.4 is 10.1 Å². The summed E-state index contributed by atoms with van der Waals surface area (Å²) in [7, 11) is 2.90. The number of hydrogen-bond acceptors (Lipinski definition) is 4. The van der Waals surface area contributed by atoms with Crippen molar-refractivity contribution in [1.82, 2.24) is 5.32 Å². The minimum Gasteiger partial charge on any atom is -0.497 e. The van der Waals surface area contributed by atoms with E-state index in [1.807, 2.05) is 24.3 Å². The Bertz CT molecular complexity index is 461. The zero-order chi connectivity index (χ0) is 13.8. The van der Waals surface area contributed by atoms with Gasteiger partial charge in [-0.05, 0) is 24.1 Å². The topological polar surface area (TPSA) is 64.6 Å². The molecule has 0 aromatic heterocycles. The fourth-order valence-electron chi connectivity index (χ4n) is 2.42. The highest BCUT2D eigenvalue weighted by Crippen LogP contribution is 2.32. The first-order valence-electron chi connectivity index (χ1n) is 6.17. The monoisotopic (exact) mass is 263 g/mol. The van der Waals surface area contributed by atoms with Gasteiger partial charge in [0.05, 0.1) is 14.2 Å². The van der Waals surface area contributed by atoms with E-state index in [-0.39, 0.29) is 11.8 Å². The summed E-state index contributed by atoms with van der Waals surface area (Å²) in [5.41, 5.74) is 0.950. The van der Waals surface area contributed by atoms with E-state index in [0.717, 1.165) is 17.7 Å². The molecule has 0 bridgehead atoms. The van der Waals surface area contributed by atoms with Crippen LogP contribution in [0.2, 0.25) is 0 Å². The molecule has 0 aliphatic carbocycles. The number of nitrogens with one attached hydrogen (secondary N) is 1. The standard InChI is InChI=1S/C14H17NO4/c1-18-10-5-3-9(4-6-10)11-7-8-15-13(16)12(11)14(17)19-2/h3-6,11-12H,7-8H2,1-2H3,(H,15,16)/t11?,12-/m1/s1. The Morgan fingerprint density at radius 3 is 2.53 bits per heavy atom. The highest BCUT2D eigenvalue weighted by Gasteiger charge is 2.39. The van der Waals surface area contributed by atoms with Crippen LogP contribution in [0.5, 0.6) is 5.75 Å². The first kappa shape index (κ1) is 13.4. The molecule has 0 saturated carbocycles. The molecule has 1 aromatic rings. The summed E-state index contributed by atoms with van der Waals surface area (Å²) in [6.07, 6.45) is 0.720. The fourth-order valence-corrected chi connectivity index (χ4v) is 2.42. The molecule has 1 saturated heterocycles. The second-order valence-corrected chi connectivity index (χ2v) is 4.46. The highest BCUT2D eigenvalue weighted by molar-refractivity contribution is 5.99. The summed E-state index contributed by atoms with van der Waals surface area (Å²) in [5.74, 6) is -0.921. The van der Waals surface area contributed by atoms with Gasteiger partial charge >= 0.3 is 5.97 Å². The molecule has 1 heterocycles. The van der Waals surface area contributed by atoms with Crippen molar-refractivity contribution in [2.24, 2.45) is 5.92 Å². The third kappa shape index (κ3) is 2.70. The lowest BCUT2D eigenvalue weighted by Crippen LogP contribution is -2.45. The molecule has 0 spiro atoms. The zero-order valence-corrected chi connectivity index (χ0v) is 11.0. The van der Waals surface area contributed by atoms with Gasteiger partial charge in [-0.1, -0.05) is 12.1 Å². The number of rotatable bonds is 3. The van der Waals surface area contributed by atoms with E-state index in [4.69, 9.17) is 9.47 Å². The van der Waals surface area contributed by atoms with Crippen LogP contribution in [0.25, 0.3) is 0 Å². The third-order valence-electron chi connectivity index (χ3n) is 3.44. The predicted molar refractivity (Wildman–Crippen MR) is 68.9 cm³/mol. The molecular weight excluding hydrogens is 246 g/mol. The summed E-state index contributed by atoms with van der Waals surface area (Å²) in [6, 6.07) is 7.43. The van der Waals surface area contributed by atoms with E-state index in [1.165, 1.54) is 7.11 Å². The molecule has 1 aliphatic rings. The molecule has 1 aliphatic heterocycles. The molecule has 102 valence electrons. The lowest BCUT2D eigenvalue weighted by atomic mass is 9.80.